The van der Waals surface area contributed by atoms with Gasteiger partial charge in [0.15, 0.2) is 0 Å². The van der Waals surface area contributed by atoms with Crippen molar-refractivity contribution in [1.29, 1.82) is 0 Å². The van der Waals surface area contributed by atoms with Gasteiger partial charge in [-0.1, -0.05) is 42.1 Å². The molecule has 0 heterocycles. The zero-order chi connectivity index (χ0) is 13.7. The molecule has 3 heteroatoms. The molecule has 0 spiro atoms. The number of methoxy groups -OCH3 is 1. The Balaban J connectivity index is 2.27. The molecule has 0 bridgehead atoms. The Kier molecular flexibility index (Phi) is 4.88. The van der Waals surface area contributed by atoms with E-state index in [9.17, 15) is 0 Å². The Morgan fingerprint density at radius 2 is 1.58 bits per heavy atom. The number of rotatable bonds is 5. The second-order valence-electron chi connectivity index (χ2n) is 4.60. The molecule has 0 unspecified atom stereocenters. The molecule has 2 aromatic rings. The largest absolute Gasteiger partial charge is 0.496 e. The van der Waals surface area contributed by atoms with Gasteiger partial charge >= 0.3 is 0 Å². The van der Waals surface area contributed by atoms with Crippen molar-refractivity contribution in [3.8, 4) is 5.75 Å². The Labute approximate surface area is 119 Å². The average Bonchev–Trinajstić information content (AvgIpc) is 2.41. The molecule has 0 amide bonds. The summed E-state index contributed by atoms with van der Waals surface area (Å²) in [5, 5.41) is 0. The van der Waals surface area contributed by atoms with Crippen LogP contribution in [0.15, 0.2) is 58.3 Å². The normalized spacial score (nSPS) is 10.7. The van der Waals surface area contributed by atoms with Crippen LogP contribution in [0.25, 0.3) is 0 Å². The van der Waals surface area contributed by atoms with Gasteiger partial charge in [-0.25, -0.2) is 0 Å². The van der Waals surface area contributed by atoms with Crippen molar-refractivity contribution >= 4 is 11.8 Å². The summed E-state index contributed by atoms with van der Waals surface area (Å²) in [5.41, 5.74) is 1.34. The Bertz CT molecular complexity index is 540. The van der Waals surface area contributed by atoms with Gasteiger partial charge in [-0.05, 0) is 37.9 Å². The monoisotopic (exact) mass is 273 g/mol. The van der Waals surface area contributed by atoms with Gasteiger partial charge in [0.1, 0.15) is 5.75 Å². The van der Waals surface area contributed by atoms with Crippen molar-refractivity contribution in [3.63, 3.8) is 0 Å². The SMILES string of the molecule is COc1ccccc1Sc1ccccc1CN(C)C. The molecular weight excluding hydrogens is 254 g/mol. The molecule has 0 saturated heterocycles. The predicted octanol–water partition coefficient (Wildman–Crippen LogP) is 3.91. The van der Waals surface area contributed by atoms with E-state index in [4.69, 9.17) is 4.74 Å². The van der Waals surface area contributed by atoms with Gasteiger partial charge in [-0.3, -0.25) is 0 Å². The van der Waals surface area contributed by atoms with Crippen LogP contribution >= 0.6 is 11.8 Å². The van der Waals surface area contributed by atoms with Crippen LogP contribution in [0.3, 0.4) is 0 Å². The lowest BCUT2D eigenvalue weighted by Crippen LogP contribution is -2.11. The van der Waals surface area contributed by atoms with Gasteiger partial charge < -0.3 is 9.64 Å². The minimum atomic E-state index is 0.923. The zero-order valence-electron chi connectivity index (χ0n) is 11.6. The fourth-order valence-corrected chi connectivity index (χ4v) is 2.94. The highest BCUT2D eigenvalue weighted by molar-refractivity contribution is 7.99. The predicted molar refractivity (Wildman–Crippen MR) is 81.0 cm³/mol. The standard InChI is InChI=1S/C16H19NOS/c1-17(2)12-13-8-4-6-10-15(13)19-16-11-7-5-9-14(16)18-3/h4-11H,12H2,1-3H3. The van der Waals surface area contributed by atoms with Gasteiger partial charge in [0.2, 0.25) is 0 Å². The number of hydrogen-bond donors (Lipinski definition) is 0. The Morgan fingerprint density at radius 1 is 0.947 bits per heavy atom. The van der Waals surface area contributed by atoms with Crippen LogP contribution in [-0.2, 0) is 6.54 Å². The highest BCUT2D eigenvalue weighted by atomic mass is 32.2. The van der Waals surface area contributed by atoms with E-state index in [1.807, 2.05) is 18.2 Å². The lowest BCUT2D eigenvalue weighted by atomic mass is 10.2. The van der Waals surface area contributed by atoms with Crippen LogP contribution in [0.2, 0.25) is 0 Å². The molecule has 2 nitrogen and oxygen atoms in total. The number of nitrogens with zero attached hydrogens (tertiary/aromatic N) is 1. The second kappa shape index (κ2) is 6.64. The topological polar surface area (TPSA) is 12.5 Å². The lowest BCUT2D eigenvalue weighted by molar-refractivity contribution is 0.399. The summed E-state index contributed by atoms with van der Waals surface area (Å²) in [6.45, 7) is 0.943. The Hall–Kier alpha value is -1.45. The third-order valence-corrected chi connectivity index (χ3v) is 3.92. The van der Waals surface area contributed by atoms with Gasteiger partial charge in [0.25, 0.3) is 0 Å². The minimum Gasteiger partial charge on any atom is -0.496 e. The smallest absolute Gasteiger partial charge is 0.132 e. The first-order valence-electron chi connectivity index (χ1n) is 6.24. The van der Waals surface area contributed by atoms with E-state index >= 15 is 0 Å². The average molecular weight is 273 g/mol. The first-order chi connectivity index (χ1) is 9.20. The highest BCUT2D eigenvalue weighted by Crippen LogP contribution is 2.36. The molecule has 2 aromatic carbocycles. The maximum atomic E-state index is 5.41. The summed E-state index contributed by atoms with van der Waals surface area (Å²) >= 11 is 1.76. The first kappa shape index (κ1) is 14.0. The summed E-state index contributed by atoms with van der Waals surface area (Å²) in [6, 6.07) is 16.6. The molecule has 0 aliphatic rings. The maximum absolute atomic E-state index is 5.41. The van der Waals surface area contributed by atoms with Crippen molar-refractivity contribution < 1.29 is 4.74 Å². The van der Waals surface area contributed by atoms with Crippen LogP contribution in [0, 0.1) is 0 Å². The van der Waals surface area contributed by atoms with Crippen molar-refractivity contribution in [3.05, 3.63) is 54.1 Å². The number of para-hydroxylation sites is 1. The van der Waals surface area contributed by atoms with Crippen LogP contribution in [-0.4, -0.2) is 26.1 Å². The summed E-state index contributed by atoms with van der Waals surface area (Å²) in [4.78, 5) is 4.61. The van der Waals surface area contributed by atoms with E-state index in [0.29, 0.717) is 0 Å². The summed E-state index contributed by atoms with van der Waals surface area (Å²) < 4.78 is 5.41. The van der Waals surface area contributed by atoms with E-state index in [2.05, 4.69) is 49.3 Å². The van der Waals surface area contributed by atoms with E-state index < -0.39 is 0 Å². The molecule has 0 N–H and O–H groups in total. The summed E-state index contributed by atoms with van der Waals surface area (Å²) in [5.74, 6) is 0.923. The van der Waals surface area contributed by atoms with Crippen molar-refractivity contribution in [1.82, 2.24) is 4.90 Å². The molecule has 0 saturated carbocycles. The van der Waals surface area contributed by atoms with Gasteiger partial charge in [0, 0.05) is 11.4 Å². The third kappa shape index (κ3) is 3.75. The molecule has 100 valence electrons. The van der Waals surface area contributed by atoms with Crippen molar-refractivity contribution in [2.45, 2.75) is 16.3 Å². The fourth-order valence-electron chi connectivity index (χ4n) is 1.90. The quantitative estimate of drug-likeness (QED) is 0.819. The van der Waals surface area contributed by atoms with Crippen LogP contribution in [0.5, 0.6) is 5.75 Å². The molecule has 0 aromatic heterocycles. The van der Waals surface area contributed by atoms with Crippen LogP contribution in [0.1, 0.15) is 5.56 Å². The molecule has 0 aliphatic heterocycles. The molecule has 19 heavy (non-hydrogen) atoms. The maximum Gasteiger partial charge on any atom is 0.132 e. The summed E-state index contributed by atoms with van der Waals surface area (Å²) in [7, 11) is 5.89. The molecule has 0 aliphatic carbocycles. The zero-order valence-corrected chi connectivity index (χ0v) is 12.4. The minimum absolute atomic E-state index is 0.923. The molecule has 0 atom stereocenters. The van der Waals surface area contributed by atoms with E-state index in [1.165, 1.54) is 10.5 Å². The Morgan fingerprint density at radius 3 is 2.26 bits per heavy atom. The van der Waals surface area contributed by atoms with Crippen LogP contribution in [0.4, 0.5) is 0 Å². The van der Waals surface area contributed by atoms with Gasteiger partial charge in [-0.2, -0.15) is 0 Å². The highest BCUT2D eigenvalue weighted by Gasteiger charge is 2.08. The second-order valence-corrected chi connectivity index (χ2v) is 5.68. The van der Waals surface area contributed by atoms with E-state index in [0.717, 1.165) is 17.2 Å². The lowest BCUT2D eigenvalue weighted by Gasteiger charge is -2.14. The van der Waals surface area contributed by atoms with Gasteiger partial charge in [0.05, 0.1) is 12.0 Å². The van der Waals surface area contributed by atoms with E-state index in [1.54, 1.807) is 18.9 Å². The number of hydrogen-bond acceptors (Lipinski definition) is 3. The number of ether oxygens (including phenoxy) is 1. The molecule has 0 radical (unpaired) electrons. The van der Waals surface area contributed by atoms with Crippen LogP contribution < -0.4 is 4.74 Å². The molecule has 2 rings (SSSR count). The summed E-state index contributed by atoms with van der Waals surface area (Å²) in [6.07, 6.45) is 0. The fraction of sp³-hybridized carbons (Fsp3) is 0.250. The van der Waals surface area contributed by atoms with Crippen molar-refractivity contribution in [2.75, 3.05) is 21.2 Å². The molecular formula is C16H19NOS. The van der Waals surface area contributed by atoms with E-state index in [-0.39, 0.29) is 0 Å². The third-order valence-electron chi connectivity index (χ3n) is 2.75. The number of benzene rings is 2. The molecule has 0 fully saturated rings. The van der Waals surface area contributed by atoms with Gasteiger partial charge in [-0.15, -0.1) is 0 Å². The first-order valence-corrected chi connectivity index (χ1v) is 7.06. The van der Waals surface area contributed by atoms with Crippen molar-refractivity contribution in [2.24, 2.45) is 0 Å².